The number of aliphatic hydroxyl groups excluding tert-OH is 4. The second-order valence-corrected chi connectivity index (χ2v) is 6.45. The van der Waals surface area contributed by atoms with Crippen LogP contribution in [0, 0.1) is 0 Å². The van der Waals surface area contributed by atoms with Crippen LogP contribution in [-0.4, -0.2) is 67.3 Å². The lowest BCUT2D eigenvalue weighted by Gasteiger charge is -2.37. The summed E-state index contributed by atoms with van der Waals surface area (Å²) in [6.45, 7) is 0. The van der Waals surface area contributed by atoms with E-state index in [1.165, 1.54) is 36.4 Å². The maximum absolute atomic E-state index is 12.1. The van der Waals surface area contributed by atoms with Crippen molar-refractivity contribution < 1.29 is 44.9 Å². The Balaban J connectivity index is 1.64. The van der Waals surface area contributed by atoms with Gasteiger partial charge in [-0.15, -0.1) is 0 Å². The van der Waals surface area contributed by atoms with Gasteiger partial charge in [-0.2, -0.15) is 0 Å². The Kier molecular flexibility index (Phi) is 6.16. The van der Waals surface area contributed by atoms with Crippen molar-refractivity contribution in [2.24, 2.45) is 0 Å². The number of carbonyl (C=O) groups is 1. The minimum atomic E-state index is -1.71. The van der Waals surface area contributed by atoms with Crippen molar-refractivity contribution in [3.63, 3.8) is 0 Å². The quantitative estimate of drug-likeness (QED) is 0.301. The van der Waals surface area contributed by atoms with Crippen molar-refractivity contribution in [2.45, 2.75) is 30.9 Å². The van der Waals surface area contributed by atoms with Gasteiger partial charge in [0, 0.05) is 6.07 Å². The second kappa shape index (κ2) is 8.60. The summed E-state index contributed by atoms with van der Waals surface area (Å²) in [5, 5.41) is 57.5. The number of benzene rings is 2. The Morgan fingerprint density at radius 1 is 0.931 bits per heavy atom. The highest BCUT2D eigenvalue weighted by Gasteiger charge is 2.44. The molecule has 2 aromatic carbocycles. The van der Waals surface area contributed by atoms with Crippen molar-refractivity contribution in [1.29, 1.82) is 0 Å². The zero-order chi connectivity index (χ0) is 21.1. The smallest absolute Gasteiger partial charge is 0.231 e. The average molecular weight is 404 g/mol. The van der Waals surface area contributed by atoms with Crippen LogP contribution in [0.3, 0.4) is 0 Å². The summed E-state index contributed by atoms with van der Waals surface area (Å²) in [6, 6.07) is 9.91. The number of carbonyl (C=O) groups excluding carboxylic acids is 1. The summed E-state index contributed by atoms with van der Waals surface area (Å²) in [4.78, 5) is 12.1. The van der Waals surface area contributed by atoms with Crippen LogP contribution in [0.25, 0.3) is 6.08 Å². The largest absolute Gasteiger partial charge is 0.508 e. The van der Waals surface area contributed by atoms with Crippen LogP contribution in [0.2, 0.25) is 0 Å². The van der Waals surface area contributed by atoms with Crippen LogP contribution in [-0.2, 0) is 4.74 Å². The van der Waals surface area contributed by atoms with Crippen molar-refractivity contribution >= 4 is 11.9 Å². The summed E-state index contributed by atoms with van der Waals surface area (Å²) in [5.41, 5.74) is 0.673. The molecule has 9 heteroatoms. The van der Waals surface area contributed by atoms with Crippen molar-refractivity contribution in [3.8, 4) is 17.2 Å². The monoisotopic (exact) mass is 404 g/mol. The van der Waals surface area contributed by atoms with Gasteiger partial charge in [0.25, 0.3) is 0 Å². The van der Waals surface area contributed by atoms with Gasteiger partial charge < -0.3 is 40.1 Å². The molecule has 1 heterocycles. The number of phenols is 2. The second-order valence-electron chi connectivity index (χ2n) is 6.45. The van der Waals surface area contributed by atoms with Crippen LogP contribution in [0.4, 0.5) is 0 Å². The molecule has 29 heavy (non-hydrogen) atoms. The molecule has 0 spiro atoms. The number of rotatable bonds is 5. The molecule has 1 aliphatic rings. The fourth-order valence-electron chi connectivity index (χ4n) is 2.71. The van der Waals surface area contributed by atoms with E-state index in [1.807, 2.05) is 0 Å². The number of allylic oxidation sites excluding steroid dienone is 1. The molecule has 6 N–H and O–H groups in total. The predicted molar refractivity (Wildman–Crippen MR) is 99.1 cm³/mol. The van der Waals surface area contributed by atoms with E-state index in [-0.39, 0.29) is 22.8 Å². The molecular weight excluding hydrogens is 384 g/mol. The Labute approximate surface area is 165 Å². The Morgan fingerprint density at radius 3 is 2.28 bits per heavy atom. The molecule has 2 aromatic rings. The first-order valence-corrected chi connectivity index (χ1v) is 8.65. The number of ketones is 1. The van der Waals surface area contributed by atoms with E-state index < -0.39 is 36.7 Å². The third-order valence-electron chi connectivity index (χ3n) is 4.35. The molecule has 9 nitrogen and oxygen atoms in total. The van der Waals surface area contributed by atoms with Crippen LogP contribution in [0.5, 0.6) is 17.2 Å². The topological polar surface area (TPSA) is 157 Å². The maximum atomic E-state index is 12.1. The Hall–Kier alpha value is -2.95. The van der Waals surface area contributed by atoms with E-state index in [9.17, 15) is 35.4 Å². The van der Waals surface area contributed by atoms with Crippen LogP contribution in [0.1, 0.15) is 15.9 Å². The van der Waals surface area contributed by atoms with Gasteiger partial charge in [0.1, 0.15) is 35.6 Å². The van der Waals surface area contributed by atoms with E-state index in [0.29, 0.717) is 5.56 Å². The third-order valence-corrected chi connectivity index (χ3v) is 4.35. The van der Waals surface area contributed by atoms with Crippen molar-refractivity contribution in [3.05, 3.63) is 59.7 Å². The fourth-order valence-corrected chi connectivity index (χ4v) is 2.71. The zero-order valence-electron chi connectivity index (χ0n) is 15.0. The summed E-state index contributed by atoms with van der Waals surface area (Å²) >= 11 is 0. The van der Waals surface area contributed by atoms with E-state index in [2.05, 4.69) is 0 Å². The summed E-state index contributed by atoms with van der Waals surface area (Å²) < 4.78 is 10.3. The predicted octanol–water partition coefficient (Wildman–Crippen LogP) is 0.130. The van der Waals surface area contributed by atoms with Crippen LogP contribution < -0.4 is 4.74 Å². The molecule has 0 amide bonds. The minimum absolute atomic E-state index is 0.0433. The van der Waals surface area contributed by atoms with Gasteiger partial charge >= 0.3 is 0 Å². The van der Waals surface area contributed by atoms with E-state index >= 15 is 0 Å². The molecule has 0 saturated carbocycles. The lowest BCUT2D eigenvalue weighted by molar-refractivity contribution is -0.321. The van der Waals surface area contributed by atoms with Gasteiger partial charge in [0.2, 0.25) is 6.29 Å². The van der Waals surface area contributed by atoms with Gasteiger partial charge in [0.15, 0.2) is 12.1 Å². The Bertz CT molecular complexity index is 893. The first-order valence-electron chi connectivity index (χ1n) is 8.65. The summed E-state index contributed by atoms with van der Waals surface area (Å²) in [5.74, 6) is -0.684. The van der Waals surface area contributed by atoms with E-state index in [1.54, 1.807) is 12.1 Å². The molecule has 5 unspecified atom stereocenters. The van der Waals surface area contributed by atoms with Gasteiger partial charge in [-0.25, -0.2) is 0 Å². The summed E-state index contributed by atoms with van der Waals surface area (Å²) in [6.07, 6.45) is -5.18. The highest BCUT2D eigenvalue weighted by molar-refractivity contribution is 6.08. The lowest BCUT2D eigenvalue weighted by Crippen LogP contribution is -2.59. The number of phenolic OH excluding ortho intramolecular Hbond substituents is 2. The van der Waals surface area contributed by atoms with Gasteiger partial charge in [-0.05, 0) is 35.9 Å². The number of aliphatic hydroxyl groups is 4. The number of aromatic hydroxyl groups is 2. The molecule has 154 valence electrons. The SMILES string of the molecule is O=C(/C=C/c1ccc(OC2OC(O)C(O)C(O)C2O)cc1)c1ccc(O)cc1O. The van der Waals surface area contributed by atoms with Gasteiger partial charge in [0.05, 0.1) is 5.56 Å². The molecule has 0 radical (unpaired) electrons. The lowest BCUT2D eigenvalue weighted by atomic mass is 10.0. The Morgan fingerprint density at radius 2 is 1.62 bits per heavy atom. The van der Waals surface area contributed by atoms with Crippen molar-refractivity contribution in [1.82, 2.24) is 0 Å². The molecule has 0 bridgehead atoms. The molecule has 0 aliphatic carbocycles. The van der Waals surface area contributed by atoms with Crippen LogP contribution >= 0.6 is 0 Å². The van der Waals surface area contributed by atoms with Gasteiger partial charge in [-0.3, -0.25) is 4.79 Å². The van der Waals surface area contributed by atoms with E-state index in [4.69, 9.17) is 9.47 Å². The van der Waals surface area contributed by atoms with E-state index in [0.717, 1.165) is 6.07 Å². The van der Waals surface area contributed by atoms with Crippen LogP contribution in [0.15, 0.2) is 48.5 Å². The summed E-state index contributed by atoms with van der Waals surface area (Å²) in [7, 11) is 0. The van der Waals surface area contributed by atoms with Crippen molar-refractivity contribution in [2.75, 3.05) is 0 Å². The molecule has 5 atom stereocenters. The maximum Gasteiger partial charge on any atom is 0.231 e. The molecule has 0 aromatic heterocycles. The molecule has 1 fully saturated rings. The first kappa shape index (κ1) is 20.8. The molecular formula is C20H20O9. The normalized spacial score (nSPS) is 27.1. The van der Waals surface area contributed by atoms with Gasteiger partial charge in [-0.1, -0.05) is 18.2 Å². The third kappa shape index (κ3) is 4.73. The highest BCUT2D eigenvalue weighted by Crippen LogP contribution is 2.25. The fraction of sp³-hybridized carbons (Fsp3) is 0.250. The number of hydrogen-bond donors (Lipinski definition) is 6. The molecule has 1 saturated heterocycles. The number of hydrogen-bond acceptors (Lipinski definition) is 9. The minimum Gasteiger partial charge on any atom is -0.508 e. The molecule has 3 rings (SSSR count). The number of ether oxygens (including phenoxy) is 2. The average Bonchev–Trinajstić information content (AvgIpc) is 2.69. The highest BCUT2D eigenvalue weighted by atomic mass is 16.7. The molecule has 1 aliphatic heterocycles. The zero-order valence-corrected chi connectivity index (χ0v) is 15.0. The standard InChI is InChI=1S/C20H20O9/c21-11-4-7-13(15(23)9-11)14(22)8-3-10-1-5-12(6-2-10)28-20-18(26)16(24)17(25)19(27)29-20/h1-9,16-21,23-27H/b8-3+. The first-order chi connectivity index (χ1) is 13.8.